The van der Waals surface area contributed by atoms with E-state index in [1.165, 1.54) is 37.3 Å². The van der Waals surface area contributed by atoms with Gasteiger partial charge in [-0.2, -0.15) is 0 Å². The summed E-state index contributed by atoms with van der Waals surface area (Å²) in [6.07, 6.45) is 3.86. The van der Waals surface area contributed by atoms with Crippen LogP contribution in [-0.4, -0.2) is 71.7 Å². The molecule has 46 heavy (non-hydrogen) atoms. The maximum absolute atomic E-state index is 14.3. The smallest absolute Gasteiger partial charge is 0.264 e. The third kappa shape index (κ3) is 8.22. The zero-order chi connectivity index (χ0) is 33.3. The van der Waals surface area contributed by atoms with Crippen molar-refractivity contribution in [3.63, 3.8) is 0 Å². The zero-order valence-electron chi connectivity index (χ0n) is 27.0. The first-order valence-corrected chi connectivity index (χ1v) is 16.8. The Morgan fingerprint density at radius 3 is 2.09 bits per heavy atom. The monoisotopic (exact) mass is 653 g/mol. The summed E-state index contributed by atoms with van der Waals surface area (Å²) in [6, 6.07) is 17.1. The number of benzene rings is 3. The number of anilines is 1. The van der Waals surface area contributed by atoms with E-state index in [0.717, 1.165) is 35.6 Å². The van der Waals surface area contributed by atoms with Crippen LogP contribution in [0.25, 0.3) is 0 Å². The lowest BCUT2D eigenvalue weighted by Gasteiger charge is -2.32. The van der Waals surface area contributed by atoms with E-state index in [2.05, 4.69) is 5.32 Å². The van der Waals surface area contributed by atoms with Gasteiger partial charge in [-0.15, -0.1) is 0 Å². The van der Waals surface area contributed by atoms with Crippen molar-refractivity contribution in [2.24, 2.45) is 0 Å². The van der Waals surface area contributed by atoms with Crippen molar-refractivity contribution in [2.45, 2.75) is 63.1 Å². The summed E-state index contributed by atoms with van der Waals surface area (Å²) in [6.45, 7) is 3.46. The van der Waals surface area contributed by atoms with Gasteiger partial charge in [0, 0.05) is 18.7 Å². The summed E-state index contributed by atoms with van der Waals surface area (Å²) in [7, 11) is 0.115. The van der Waals surface area contributed by atoms with E-state index >= 15 is 0 Å². The molecule has 1 atom stereocenters. The number of nitrogens with one attached hydrogen (secondary N) is 1. The third-order valence-electron chi connectivity index (χ3n) is 8.04. The van der Waals surface area contributed by atoms with E-state index in [-0.39, 0.29) is 34.8 Å². The molecule has 0 saturated heterocycles. The fraction of sp³-hybridized carbons (Fsp3) is 0.412. The fourth-order valence-electron chi connectivity index (χ4n) is 5.41. The number of carbonyl (C=O) groups excluding carboxylic acids is 2. The van der Waals surface area contributed by atoms with Crippen LogP contribution >= 0.6 is 0 Å². The van der Waals surface area contributed by atoms with Crippen LogP contribution < -0.4 is 28.6 Å². The summed E-state index contributed by atoms with van der Waals surface area (Å²) in [5, 5.41) is 3.08. The normalized spacial score (nSPS) is 13.8. The number of rotatable bonds is 15. The van der Waals surface area contributed by atoms with Crippen molar-refractivity contribution in [1.29, 1.82) is 0 Å². The maximum Gasteiger partial charge on any atom is 0.264 e. The van der Waals surface area contributed by atoms with Crippen molar-refractivity contribution < 1.29 is 37.0 Å². The molecule has 1 aliphatic rings. The number of hydrogen-bond acceptors (Lipinski definition) is 8. The van der Waals surface area contributed by atoms with E-state index < -0.39 is 28.5 Å². The largest absolute Gasteiger partial charge is 0.497 e. The van der Waals surface area contributed by atoms with Crippen molar-refractivity contribution in [2.75, 3.05) is 38.8 Å². The lowest BCUT2D eigenvalue weighted by Crippen LogP contribution is -2.52. The van der Waals surface area contributed by atoms with Gasteiger partial charge in [-0.25, -0.2) is 8.42 Å². The molecule has 1 saturated carbocycles. The molecule has 0 spiro atoms. The number of sulfonamides is 1. The molecule has 12 heteroatoms. The lowest BCUT2D eigenvalue weighted by molar-refractivity contribution is -0.139. The van der Waals surface area contributed by atoms with Crippen molar-refractivity contribution in [3.8, 4) is 23.0 Å². The van der Waals surface area contributed by atoms with E-state index in [9.17, 15) is 18.0 Å². The van der Waals surface area contributed by atoms with Crippen molar-refractivity contribution in [3.05, 3.63) is 72.3 Å². The van der Waals surface area contributed by atoms with Crippen LogP contribution in [0.1, 0.15) is 45.1 Å². The number of ether oxygens (including phenoxy) is 4. The Kier molecular flexibility index (Phi) is 11.8. The van der Waals surface area contributed by atoms with Gasteiger partial charge in [-0.05, 0) is 80.8 Å². The molecule has 0 heterocycles. The maximum atomic E-state index is 14.3. The fourth-order valence-corrected chi connectivity index (χ4v) is 6.84. The van der Waals surface area contributed by atoms with Gasteiger partial charge >= 0.3 is 0 Å². The minimum absolute atomic E-state index is 0.0543. The molecule has 3 aromatic carbocycles. The third-order valence-corrected chi connectivity index (χ3v) is 9.81. The highest BCUT2D eigenvalue weighted by Gasteiger charge is 2.34. The first kappa shape index (κ1) is 34.4. The van der Waals surface area contributed by atoms with Crippen LogP contribution in [0, 0.1) is 0 Å². The van der Waals surface area contributed by atoms with Crippen LogP contribution in [-0.2, 0) is 26.2 Å². The second kappa shape index (κ2) is 15.7. The summed E-state index contributed by atoms with van der Waals surface area (Å²) in [5.74, 6) is 0.945. The molecule has 0 aromatic heterocycles. The first-order valence-electron chi connectivity index (χ1n) is 15.3. The van der Waals surface area contributed by atoms with Crippen LogP contribution in [0.2, 0.25) is 0 Å². The second-order valence-corrected chi connectivity index (χ2v) is 12.9. The van der Waals surface area contributed by atoms with Crippen molar-refractivity contribution in [1.82, 2.24) is 10.2 Å². The number of carbonyl (C=O) groups is 2. The minimum atomic E-state index is -4.32. The Hall–Kier alpha value is -4.45. The average Bonchev–Trinajstić information content (AvgIpc) is 3.59. The van der Waals surface area contributed by atoms with Gasteiger partial charge in [-0.3, -0.25) is 13.9 Å². The predicted octanol–water partition coefficient (Wildman–Crippen LogP) is 4.78. The first-order chi connectivity index (χ1) is 22.1. The molecule has 0 bridgehead atoms. The van der Waals surface area contributed by atoms with Crippen LogP contribution in [0.4, 0.5) is 5.69 Å². The summed E-state index contributed by atoms with van der Waals surface area (Å²) in [4.78, 5) is 29.0. The molecule has 3 aromatic rings. The average molecular weight is 654 g/mol. The predicted molar refractivity (Wildman–Crippen MR) is 175 cm³/mol. The number of methoxy groups -OCH3 is 3. The minimum Gasteiger partial charge on any atom is -0.497 e. The Morgan fingerprint density at radius 1 is 0.870 bits per heavy atom. The number of amides is 2. The molecule has 11 nitrogen and oxygen atoms in total. The highest BCUT2D eigenvalue weighted by Crippen LogP contribution is 2.33. The lowest BCUT2D eigenvalue weighted by atomic mass is 10.1. The van der Waals surface area contributed by atoms with Gasteiger partial charge in [0.05, 0.1) is 38.5 Å². The van der Waals surface area contributed by atoms with Crippen molar-refractivity contribution >= 4 is 27.5 Å². The molecule has 1 unspecified atom stereocenters. The van der Waals surface area contributed by atoms with Gasteiger partial charge < -0.3 is 29.2 Å². The quantitative estimate of drug-likeness (QED) is 0.249. The Morgan fingerprint density at radius 2 is 1.50 bits per heavy atom. The highest BCUT2D eigenvalue weighted by atomic mass is 32.2. The van der Waals surface area contributed by atoms with Gasteiger partial charge in [0.25, 0.3) is 10.0 Å². The molecule has 248 valence electrons. The Bertz CT molecular complexity index is 1570. The van der Waals surface area contributed by atoms with Crippen LogP contribution in [0.5, 0.6) is 23.0 Å². The summed E-state index contributed by atoms with van der Waals surface area (Å²) in [5.41, 5.74) is 1.00. The second-order valence-electron chi connectivity index (χ2n) is 11.0. The number of hydrogen-bond donors (Lipinski definition) is 1. The summed E-state index contributed by atoms with van der Waals surface area (Å²) >= 11 is 0. The topological polar surface area (TPSA) is 124 Å². The molecular weight excluding hydrogens is 610 g/mol. The van der Waals surface area contributed by atoms with Crippen LogP contribution in [0.15, 0.2) is 71.6 Å². The van der Waals surface area contributed by atoms with E-state index in [1.54, 1.807) is 50.4 Å². The highest BCUT2D eigenvalue weighted by molar-refractivity contribution is 7.92. The van der Waals surface area contributed by atoms with Gasteiger partial charge in [0.15, 0.2) is 11.5 Å². The molecular formula is C34H43N3O8S. The molecule has 1 N–H and O–H groups in total. The van der Waals surface area contributed by atoms with Crippen LogP contribution in [0.3, 0.4) is 0 Å². The zero-order valence-corrected chi connectivity index (χ0v) is 27.8. The van der Waals surface area contributed by atoms with Gasteiger partial charge in [0.1, 0.15) is 24.1 Å². The summed E-state index contributed by atoms with van der Waals surface area (Å²) < 4.78 is 51.1. The molecule has 4 rings (SSSR count). The van der Waals surface area contributed by atoms with E-state index in [4.69, 9.17) is 18.9 Å². The SMILES string of the molecule is CCOc1ccc(N(CC(=O)N(Cc2ccc(OC)cc2)C(C)C(=O)NC2CCCC2)S(=O)(=O)c2ccc(OC)c(OC)c2)cc1. The number of nitrogens with zero attached hydrogens (tertiary/aromatic N) is 2. The van der Waals surface area contributed by atoms with Gasteiger partial charge in [0.2, 0.25) is 11.8 Å². The Labute approximate surface area is 271 Å². The van der Waals surface area contributed by atoms with E-state index in [1.807, 2.05) is 19.1 Å². The Balaban J connectivity index is 1.72. The van der Waals surface area contributed by atoms with Gasteiger partial charge in [-0.1, -0.05) is 25.0 Å². The molecule has 0 aliphatic heterocycles. The standard InChI is InChI=1S/C34H43N3O8S/c1-6-45-29-17-13-27(14-18-29)37(46(40,41)30-19-20-31(43-4)32(21-30)44-5)23-33(38)36(22-25-11-15-28(42-3)16-12-25)24(2)34(39)35-26-9-7-8-10-26/h11-21,24,26H,6-10,22-23H2,1-5H3,(H,35,39). The molecule has 0 radical (unpaired) electrons. The molecule has 2 amide bonds. The molecule has 1 aliphatic carbocycles. The molecule has 1 fully saturated rings. The van der Waals surface area contributed by atoms with E-state index in [0.29, 0.717) is 23.9 Å².